The van der Waals surface area contributed by atoms with Crippen molar-refractivity contribution in [3.05, 3.63) is 83.9 Å². The van der Waals surface area contributed by atoms with E-state index in [1.54, 1.807) is 0 Å². The highest BCUT2D eigenvalue weighted by Gasteiger charge is 2.20. The van der Waals surface area contributed by atoms with Crippen LogP contribution in [0.3, 0.4) is 0 Å². The number of carbonyl (C=O) groups excluding carboxylic acids is 3. The van der Waals surface area contributed by atoms with E-state index in [0.29, 0.717) is 19.1 Å². The zero-order valence-electron chi connectivity index (χ0n) is 16.1. The number of hydrogen-bond acceptors (Lipinski definition) is 3. The van der Waals surface area contributed by atoms with Crippen LogP contribution in [0.15, 0.2) is 72.8 Å². The second-order valence-electron chi connectivity index (χ2n) is 6.90. The van der Waals surface area contributed by atoms with Gasteiger partial charge in [0.1, 0.15) is 12.3 Å². The second kappa shape index (κ2) is 10.2. The van der Waals surface area contributed by atoms with Crippen LogP contribution in [0.1, 0.15) is 17.5 Å². The fourth-order valence-corrected chi connectivity index (χ4v) is 3.24. The summed E-state index contributed by atoms with van der Waals surface area (Å²) in [5, 5.41) is 7.65. The maximum absolute atomic E-state index is 12.5. The summed E-state index contributed by atoms with van der Waals surface area (Å²) in [6.45, 7) is -0.0723. The average Bonchev–Trinajstić information content (AvgIpc) is 2.76. The van der Waals surface area contributed by atoms with Crippen LogP contribution in [0.25, 0.3) is 10.8 Å². The lowest BCUT2D eigenvalue weighted by molar-refractivity contribution is -0.129. The van der Waals surface area contributed by atoms with Gasteiger partial charge in [0.2, 0.25) is 11.8 Å². The van der Waals surface area contributed by atoms with Crippen LogP contribution in [0.2, 0.25) is 0 Å². The third-order valence-corrected chi connectivity index (χ3v) is 4.75. The minimum atomic E-state index is -0.721. The molecule has 0 heterocycles. The first-order chi connectivity index (χ1) is 14.2. The highest BCUT2D eigenvalue weighted by atomic mass is 16.2. The molecule has 0 saturated heterocycles. The Bertz CT molecular complexity index is 986. The van der Waals surface area contributed by atoms with Crippen molar-refractivity contribution >= 4 is 28.9 Å². The van der Waals surface area contributed by atoms with E-state index < -0.39 is 6.04 Å². The lowest BCUT2D eigenvalue weighted by Crippen LogP contribution is -2.48. The first-order valence-corrected chi connectivity index (χ1v) is 9.68. The summed E-state index contributed by atoms with van der Waals surface area (Å²) in [6.07, 6.45) is 1.86. The van der Waals surface area contributed by atoms with Crippen molar-refractivity contribution in [1.82, 2.24) is 10.6 Å². The standard InChI is InChI=1S/C24H24N2O3/c27-15-14-25-24(29)22(17-18-6-2-1-3-7-18)26-23(28)13-11-19-10-12-20-8-4-5-9-21(20)16-19/h1-10,12,15-16,22H,11,13-14,17H2,(H,25,29)(H,26,28)/t22-/m0/s1. The molecule has 0 unspecified atom stereocenters. The first-order valence-electron chi connectivity index (χ1n) is 9.68. The molecule has 5 nitrogen and oxygen atoms in total. The zero-order chi connectivity index (χ0) is 20.5. The average molecular weight is 388 g/mol. The molecule has 3 aromatic carbocycles. The summed E-state index contributed by atoms with van der Waals surface area (Å²) in [7, 11) is 0. The van der Waals surface area contributed by atoms with Crippen LogP contribution in [-0.4, -0.2) is 30.7 Å². The molecule has 0 aliphatic carbocycles. The number of nitrogens with one attached hydrogen (secondary N) is 2. The molecule has 2 N–H and O–H groups in total. The number of aryl methyl sites for hydroxylation is 1. The topological polar surface area (TPSA) is 75.3 Å². The molecule has 3 aromatic rings. The van der Waals surface area contributed by atoms with Gasteiger partial charge in [0.05, 0.1) is 6.54 Å². The first kappa shape index (κ1) is 20.3. The van der Waals surface area contributed by atoms with Crippen molar-refractivity contribution in [3.63, 3.8) is 0 Å². The van der Waals surface area contributed by atoms with Crippen LogP contribution >= 0.6 is 0 Å². The Kier molecular flexibility index (Phi) is 7.11. The number of aldehydes is 1. The molecule has 0 fully saturated rings. The Morgan fingerprint density at radius 3 is 2.34 bits per heavy atom. The minimum absolute atomic E-state index is 0.0723. The fraction of sp³-hybridized carbons (Fsp3) is 0.208. The summed E-state index contributed by atoms with van der Waals surface area (Å²) < 4.78 is 0. The Hall–Kier alpha value is -3.47. The molecular weight excluding hydrogens is 364 g/mol. The zero-order valence-corrected chi connectivity index (χ0v) is 16.1. The SMILES string of the molecule is O=CCNC(=O)[C@H](Cc1ccccc1)NC(=O)CCc1ccc2ccccc2c1. The number of carbonyl (C=O) groups is 3. The van der Waals surface area contributed by atoms with Crippen molar-refractivity contribution in [3.8, 4) is 0 Å². The summed E-state index contributed by atoms with van der Waals surface area (Å²) >= 11 is 0. The molecule has 29 heavy (non-hydrogen) atoms. The van der Waals surface area contributed by atoms with Gasteiger partial charge < -0.3 is 15.4 Å². The molecule has 1 atom stereocenters. The Morgan fingerprint density at radius 1 is 0.862 bits per heavy atom. The van der Waals surface area contributed by atoms with E-state index in [9.17, 15) is 14.4 Å². The Morgan fingerprint density at radius 2 is 1.59 bits per heavy atom. The van der Waals surface area contributed by atoms with Crippen LogP contribution in [0, 0.1) is 0 Å². The summed E-state index contributed by atoms with van der Waals surface area (Å²) in [6, 6.07) is 23.0. The smallest absolute Gasteiger partial charge is 0.243 e. The van der Waals surface area contributed by atoms with Crippen molar-refractivity contribution in [1.29, 1.82) is 0 Å². The maximum Gasteiger partial charge on any atom is 0.243 e. The highest BCUT2D eigenvalue weighted by molar-refractivity contribution is 5.89. The summed E-state index contributed by atoms with van der Waals surface area (Å²) in [5.41, 5.74) is 2.01. The lowest BCUT2D eigenvalue weighted by atomic mass is 10.0. The molecule has 0 radical (unpaired) electrons. The van der Waals surface area contributed by atoms with Gasteiger partial charge in [0.25, 0.3) is 0 Å². The molecule has 3 rings (SSSR count). The largest absolute Gasteiger partial charge is 0.348 e. The molecule has 0 saturated carbocycles. The van der Waals surface area contributed by atoms with Gasteiger partial charge in [-0.05, 0) is 28.3 Å². The van der Waals surface area contributed by atoms with E-state index in [4.69, 9.17) is 0 Å². The van der Waals surface area contributed by atoms with Gasteiger partial charge in [-0.25, -0.2) is 0 Å². The van der Waals surface area contributed by atoms with Crippen LogP contribution in [-0.2, 0) is 27.2 Å². The van der Waals surface area contributed by atoms with Gasteiger partial charge in [-0.3, -0.25) is 9.59 Å². The van der Waals surface area contributed by atoms with E-state index in [2.05, 4.69) is 22.8 Å². The molecule has 0 spiro atoms. The third-order valence-electron chi connectivity index (χ3n) is 4.75. The molecule has 0 aromatic heterocycles. The molecule has 0 aliphatic heterocycles. The number of benzene rings is 3. The fourth-order valence-electron chi connectivity index (χ4n) is 3.24. The van der Waals surface area contributed by atoms with E-state index in [-0.39, 0.29) is 24.8 Å². The Labute approximate surface area is 170 Å². The van der Waals surface area contributed by atoms with Gasteiger partial charge in [-0.1, -0.05) is 72.8 Å². The molecule has 148 valence electrons. The monoisotopic (exact) mass is 388 g/mol. The normalized spacial score (nSPS) is 11.6. The number of hydrogen-bond donors (Lipinski definition) is 2. The van der Waals surface area contributed by atoms with E-state index in [0.717, 1.165) is 21.9 Å². The van der Waals surface area contributed by atoms with E-state index in [1.165, 1.54) is 0 Å². The van der Waals surface area contributed by atoms with Gasteiger partial charge >= 0.3 is 0 Å². The Balaban J connectivity index is 1.61. The van der Waals surface area contributed by atoms with Crippen molar-refractivity contribution in [2.75, 3.05) is 6.54 Å². The minimum Gasteiger partial charge on any atom is -0.348 e. The number of fused-ring (bicyclic) bond motifs is 1. The van der Waals surface area contributed by atoms with Crippen molar-refractivity contribution < 1.29 is 14.4 Å². The van der Waals surface area contributed by atoms with Crippen LogP contribution < -0.4 is 10.6 Å². The second-order valence-corrected chi connectivity index (χ2v) is 6.90. The van der Waals surface area contributed by atoms with Gasteiger partial charge in [0, 0.05) is 12.8 Å². The van der Waals surface area contributed by atoms with E-state index >= 15 is 0 Å². The number of amides is 2. The summed E-state index contributed by atoms with van der Waals surface area (Å²) in [5.74, 6) is -0.555. The third kappa shape index (κ3) is 6.01. The molecule has 2 amide bonds. The predicted octanol–water partition coefficient (Wildman–Crippen LogP) is 2.82. The van der Waals surface area contributed by atoms with Crippen LogP contribution in [0.5, 0.6) is 0 Å². The van der Waals surface area contributed by atoms with Crippen molar-refractivity contribution in [2.24, 2.45) is 0 Å². The summed E-state index contributed by atoms with van der Waals surface area (Å²) in [4.78, 5) is 35.4. The van der Waals surface area contributed by atoms with E-state index in [1.807, 2.05) is 60.7 Å². The highest BCUT2D eigenvalue weighted by Crippen LogP contribution is 2.16. The van der Waals surface area contributed by atoms with Gasteiger partial charge in [0.15, 0.2) is 0 Å². The number of rotatable bonds is 9. The molecule has 0 bridgehead atoms. The lowest BCUT2D eigenvalue weighted by Gasteiger charge is -2.18. The maximum atomic E-state index is 12.5. The molecule has 5 heteroatoms. The molecular formula is C24H24N2O3. The van der Waals surface area contributed by atoms with Crippen LogP contribution in [0.4, 0.5) is 0 Å². The van der Waals surface area contributed by atoms with Gasteiger partial charge in [-0.2, -0.15) is 0 Å². The predicted molar refractivity (Wildman–Crippen MR) is 113 cm³/mol. The quantitative estimate of drug-likeness (QED) is 0.554. The molecule has 0 aliphatic rings. The van der Waals surface area contributed by atoms with Crippen molar-refractivity contribution in [2.45, 2.75) is 25.3 Å². The van der Waals surface area contributed by atoms with Gasteiger partial charge in [-0.15, -0.1) is 0 Å².